The van der Waals surface area contributed by atoms with Crippen LogP contribution in [-0.2, 0) is 4.74 Å². The maximum absolute atomic E-state index is 6.25. The summed E-state index contributed by atoms with van der Waals surface area (Å²) < 4.78 is 6.25. The van der Waals surface area contributed by atoms with Crippen molar-refractivity contribution in [2.75, 3.05) is 0 Å². The SMILES string of the molecule is CCCCC(NC(C)C)C1CC(C)(C)OC1(C)C. The molecule has 0 saturated carbocycles. The van der Waals surface area contributed by atoms with Crippen LogP contribution < -0.4 is 5.32 Å². The number of hydrogen-bond acceptors (Lipinski definition) is 2. The van der Waals surface area contributed by atoms with Crippen LogP contribution in [0.15, 0.2) is 0 Å². The van der Waals surface area contributed by atoms with Crippen molar-refractivity contribution in [2.24, 2.45) is 5.92 Å². The number of hydrogen-bond donors (Lipinski definition) is 1. The van der Waals surface area contributed by atoms with Gasteiger partial charge >= 0.3 is 0 Å². The standard InChI is InChI=1S/C16H33NO/c1-8-9-10-14(17-12(2)3)13-11-15(4,5)18-16(13,6)7/h12-14,17H,8-11H2,1-7H3. The molecule has 2 heteroatoms. The van der Waals surface area contributed by atoms with E-state index < -0.39 is 0 Å². The van der Waals surface area contributed by atoms with Crippen LogP contribution in [0.1, 0.15) is 74.1 Å². The Labute approximate surface area is 114 Å². The van der Waals surface area contributed by atoms with E-state index in [1.165, 1.54) is 19.3 Å². The Hall–Kier alpha value is -0.0800. The Bertz CT molecular complexity index is 258. The van der Waals surface area contributed by atoms with E-state index in [1.807, 2.05) is 0 Å². The average molecular weight is 255 g/mol. The average Bonchev–Trinajstić information content (AvgIpc) is 2.40. The Balaban J connectivity index is 2.77. The first-order valence-electron chi connectivity index (χ1n) is 7.64. The number of unbranched alkanes of at least 4 members (excludes halogenated alkanes) is 1. The topological polar surface area (TPSA) is 21.3 Å². The lowest BCUT2D eigenvalue weighted by atomic mass is 9.79. The largest absolute Gasteiger partial charge is 0.369 e. The highest BCUT2D eigenvalue weighted by molar-refractivity contribution is 4.99. The molecule has 0 bridgehead atoms. The van der Waals surface area contributed by atoms with Crippen molar-refractivity contribution in [1.29, 1.82) is 0 Å². The molecule has 1 N–H and O–H groups in total. The fourth-order valence-electron chi connectivity index (χ4n) is 3.48. The van der Waals surface area contributed by atoms with Crippen molar-refractivity contribution in [3.8, 4) is 0 Å². The second kappa shape index (κ2) is 5.92. The lowest BCUT2D eigenvalue weighted by Crippen LogP contribution is -2.46. The normalized spacial score (nSPS) is 27.7. The highest BCUT2D eigenvalue weighted by Gasteiger charge is 2.48. The molecule has 0 radical (unpaired) electrons. The van der Waals surface area contributed by atoms with Gasteiger partial charge < -0.3 is 10.1 Å². The van der Waals surface area contributed by atoms with Crippen molar-refractivity contribution in [3.63, 3.8) is 0 Å². The quantitative estimate of drug-likeness (QED) is 0.770. The number of nitrogens with one attached hydrogen (secondary N) is 1. The van der Waals surface area contributed by atoms with Crippen LogP contribution >= 0.6 is 0 Å². The lowest BCUT2D eigenvalue weighted by molar-refractivity contribution is -0.0781. The third-order valence-corrected chi connectivity index (χ3v) is 4.05. The van der Waals surface area contributed by atoms with Gasteiger partial charge in [-0.1, -0.05) is 33.6 Å². The van der Waals surface area contributed by atoms with E-state index in [-0.39, 0.29) is 11.2 Å². The second-order valence-corrected chi connectivity index (χ2v) is 7.35. The molecular weight excluding hydrogens is 222 g/mol. The summed E-state index contributed by atoms with van der Waals surface area (Å²) in [5.74, 6) is 0.612. The van der Waals surface area contributed by atoms with E-state index in [0.717, 1.165) is 6.42 Å². The number of rotatable bonds is 6. The minimum Gasteiger partial charge on any atom is -0.369 e. The highest BCUT2D eigenvalue weighted by atomic mass is 16.5. The van der Waals surface area contributed by atoms with Gasteiger partial charge in [0.05, 0.1) is 11.2 Å². The summed E-state index contributed by atoms with van der Waals surface area (Å²) in [6, 6.07) is 1.13. The van der Waals surface area contributed by atoms with Crippen LogP contribution in [0.4, 0.5) is 0 Å². The van der Waals surface area contributed by atoms with E-state index >= 15 is 0 Å². The predicted molar refractivity (Wildman–Crippen MR) is 78.9 cm³/mol. The Morgan fingerprint density at radius 1 is 1.22 bits per heavy atom. The molecule has 1 heterocycles. The molecule has 18 heavy (non-hydrogen) atoms. The van der Waals surface area contributed by atoms with Crippen molar-refractivity contribution >= 4 is 0 Å². The van der Waals surface area contributed by atoms with Crippen molar-refractivity contribution in [2.45, 2.75) is 97.4 Å². The maximum atomic E-state index is 6.25. The molecule has 1 fully saturated rings. The third-order valence-electron chi connectivity index (χ3n) is 4.05. The molecule has 1 saturated heterocycles. The molecule has 0 aromatic heterocycles. The van der Waals surface area contributed by atoms with E-state index in [1.54, 1.807) is 0 Å². The lowest BCUT2D eigenvalue weighted by Gasteiger charge is -2.34. The molecule has 0 amide bonds. The molecule has 0 spiro atoms. The first-order valence-corrected chi connectivity index (χ1v) is 7.64. The minimum atomic E-state index is -0.0101. The van der Waals surface area contributed by atoms with Crippen LogP contribution in [0, 0.1) is 5.92 Å². The van der Waals surface area contributed by atoms with Gasteiger partial charge in [-0.15, -0.1) is 0 Å². The fraction of sp³-hybridized carbons (Fsp3) is 1.00. The summed E-state index contributed by atoms with van der Waals surface area (Å²) in [6.45, 7) is 15.7. The van der Waals surface area contributed by atoms with Crippen molar-refractivity contribution in [1.82, 2.24) is 5.32 Å². The molecule has 1 rings (SSSR count). The smallest absolute Gasteiger partial charge is 0.0677 e. The Morgan fingerprint density at radius 2 is 1.83 bits per heavy atom. The van der Waals surface area contributed by atoms with Crippen molar-refractivity contribution in [3.05, 3.63) is 0 Å². The molecule has 1 aliphatic rings. The maximum Gasteiger partial charge on any atom is 0.0677 e. The van der Waals surface area contributed by atoms with Crippen LogP contribution in [-0.4, -0.2) is 23.3 Å². The molecule has 1 aliphatic heterocycles. The highest BCUT2D eigenvalue weighted by Crippen LogP contribution is 2.44. The van der Waals surface area contributed by atoms with Gasteiger partial charge in [0.25, 0.3) is 0 Å². The van der Waals surface area contributed by atoms with Gasteiger partial charge in [0.2, 0.25) is 0 Å². The fourth-order valence-corrected chi connectivity index (χ4v) is 3.48. The molecule has 0 aromatic carbocycles. The third kappa shape index (κ3) is 4.24. The van der Waals surface area contributed by atoms with E-state index in [9.17, 15) is 0 Å². The summed E-state index contributed by atoms with van der Waals surface area (Å²) in [7, 11) is 0. The minimum absolute atomic E-state index is 0.0101. The zero-order valence-corrected chi connectivity index (χ0v) is 13.5. The zero-order valence-electron chi connectivity index (χ0n) is 13.5. The first-order chi connectivity index (χ1) is 8.18. The zero-order chi connectivity index (χ0) is 14.0. The molecule has 0 aliphatic carbocycles. The van der Waals surface area contributed by atoms with Gasteiger partial charge in [0, 0.05) is 18.0 Å². The summed E-state index contributed by atoms with van der Waals surface area (Å²) in [5.41, 5.74) is 0.0150. The van der Waals surface area contributed by atoms with Gasteiger partial charge in [-0.3, -0.25) is 0 Å². The number of ether oxygens (including phenoxy) is 1. The van der Waals surface area contributed by atoms with E-state index in [2.05, 4.69) is 53.8 Å². The molecule has 108 valence electrons. The summed E-state index contributed by atoms with van der Waals surface area (Å²) >= 11 is 0. The first kappa shape index (κ1) is 16.0. The van der Waals surface area contributed by atoms with Gasteiger partial charge in [0.1, 0.15) is 0 Å². The monoisotopic (exact) mass is 255 g/mol. The molecule has 0 aromatic rings. The predicted octanol–water partition coefficient (Wildman–Crippen LogP) is 4.14. The summed E-state index contributed by atoms with van der Waals surface area (Å²) in [6.07, 6.45) is 5.00. The Kier molecular flexibility index (Phi) is 5.25. The van der Waals surface area contributed by atoms with Crippen LogP contribution in [0.25, 0.3) is 0 Å². The van der Waals surface area contributed by atoms with E-state index in [4.69, 9.17) is 4.74 Å². The van der Waals surface area contributed by atoms with Crippen LogP contribution in [0.2, 0.25) is 0 Å². The summed E-state index contributed by atoms with van der Waals surface area (Å²) in [5, 5.41) is 3.77. The summed E-state index contributed by atoms with van der Waals surface area (Å²) in [4.78, 5) is 0. The van der Waals surface area contributed by atoms with Gasteiger partial charge in [-0.05, 0) is 40.5 Å². The molecule has 2 unspecified atom stereocenters. The molecule has 2 nitrogen and oxygen atoms in total. The van der Waals surface area contributed by atoms with E-state index in [0.29, 0.717) is 18.0 Å². The van der Waals surface area contributed by atoms with Crippen LogP contribution in [0.5, 0.6) is 0 Å². The molecular formula is C16H33NO. The van der Waals surface area contributed by atoms with Gasteiger partial charge in [-0.25, -0.2) is 0 Å². The van der Waals surface area contributed by atoms with Gasteiger partial charge in [0.15, 0.2) is 0 Å². The Morgan fingerprint density at radius 3 is 2.22 bits per heavy atom. The van der Waals surface area contributed by atoms with Crippen LogP contribution in [0.3, 0.4) is 0 Å². The van der Waals surface area contributed by atoms with Crippen molar-refractivity contribution < 1.29 is 4.74 Å². The second-order valence-electron chi connectivity index (χ2n) is 7.35. The van der Waals surface area contributed by atoms with Gasteiger partial charge in [-0.2, -0.15) is 0 Å². The molecule has 2 atom stereocenters.